The first-order valence-corrected chi connectivity index (χ1v) is 8.19. The van der Waals surface area contributed by atoms with Crippen molar-refractivity contribution in [1.82, 2.24) is 5.32 Å². The Morgan fingerprint density at radius 1 is 1.45 bits per heavy atom. The van der Waals surface area contributed by atoms with Gasteiger partial charge >= 0.3 is 0 Å². The normalized spacial score (nSPS) is 31.1. The van der Waals surface area contributed by atoms with Gasteiger partial charge in [0.15, 0.2) is 9.84 Å². The third kappa shape index (κ3) is 2.31. The van der Waals surface area contributed by atoms with Gasteiger partial charge in [0.05, 0.1) is 11.5 Å². The van der Waals surface area contributed by atoms with E-state index in [0.29, 0.717) is 17.7 Å². The zero-order valence-corrected chi connectivity index (χ0v) is 11.8. The summed E-state index contributed by atoms with van der Waals surface area (Å²) < 4.78 is 36.4. The summed E-state index contributed by atoms with van der Waals surface area (Å²) in [7, 11) is -3.05. The summed E-state index contributed by atoms with van der Waals surface area (Å²) in [6, 6.07) is 3.47. The summed E-state index contributed by atoms with van der Waals surface area (Å²) >= 11 is 0. The molecule has 7 heteroatoms. The Morgan fingerprint density at radius 2 is 2.20 bits per heavy atom. The maximum atomic E-state index is 13.1. The maximum absolute atomic E-state index is 13.1. The lowest BCUT2D eigenvalue weighted by molar-refractivity contribution is -0.118. The van der Waals surface area contributed by atoms with Gasteiger partial charge in [0.25, 0.3) is 0 Å². The molecule has 2 aliphatic heterocycles. The summed E-state index contributed by atoms with van der Waals surface area (Å²) in [5, 5.41) is 5.73. The highest BCUT2D eigenvalue weighted by atomic mass is 32.2. The van der Waals surface area contributed by atoms with Gasteiger partial charge in [-0.25, -0.2) is 12.8 Å². The molecule has 2 unspecified atom stereocenters. The molecule has 3 rings (SSSR count). The van der Waals surface area contributed by atoms with E-state index in [-0.39, 0.29) is 17.4 Å². The van der Waals surface area contributed by atoms with Crippen molar-refractivity contribution >= 4 is 21.4 Å². The number of hydrogen-bond donors (Lipinski definition) is 2. The molecule has 2 atom stereocenters. The van der Waals surface area contributed by atoms with Crippen LogP contribution in [0, 0.1) is 5.82 Å². The number of nitrogens with one attached hydrogen (secondary N) is 2. The lowest BCUT2D eigenvalue weighted by Gasteiger charge is -2.27. The predicted molar refractivity (Wildman–Crippen MR) is 72.6 cm³/mol. The number of sulfone groups is 1. The van der Waals surface area contributed by atoms with Crippen molar-refractivity contribution in [1.29, 1.82) is 0 Å². The first-order valence-electron chi connectivity index (χ1n) is 6.36. The second-order valence-electron chi connectivity index (χ2n) is 5.70. The van der Waals surface area contributed by atoms with Crippen LogP contribution in [0.2, 0.25) is 0 Å². The van der Waals surface area contributed by atoms with Gasteiger partial charge in [-0.2, -0.15) is 0 Å². The van der Waals surface area contributed by atoms with E-state index in [1.807, 2.05) is 0 Å². The maximum Gasteiger partial charge on any atom is 0.246 e. The minimum atomic E-state index is -3.05. The van der Waals surface area contributed by atoms with Gasteiger partial charge < -0.3 is 5.32 Å². The molecule has 1 aromatic rings. The summed E-state index contributed by atoms with van der Waals surface area (Å²) in [6.07, 6.45) is 0.468. The first-order chi connectivity index (χ1) is 9.28. The number of carbonyl (C=O) groups excluding carboxylic acids is 1. The Balaban J connectivity index is 1.88. The van der Waals surface area contributed by atoms with Crippen LogP contribution in [0.3, 0.4) is 0 Å². The van der Waals surface area contributed by atoms with Crippen LogP contribution in [0.15, 0.2) is 18.2 Å². The topological polar surface area (TPSA) is 75.3 Å². The Hall–Kier alpha value is -1.47. The molecule has 0 radical (unpaired) electrons. The number of halogens is 1. The molecule has 20 heavy (non-hydrogen) atoms. The highest BCUT2D eigenvalue weighted by Crippen LogP contribution is 2.34. The average molecular weight is 298 g/mol. The molecule has 1 amide bonds. The second-order valence-corrected chi connectivity index (χ2v) is 7.88. The van der Waals surface area contributed by atoms with E-state index in [2.05, 4.69) is 10.6 Å². The van der Waals surface area contributed by atoms with E-state index < -0.39 is 27.2 Å². The highest BCUT2D eigenvalue weighted by Gasteiger charge is 2.43. The number of carbonyl (C=O) groups is 1. The largest absolute Gasteiger partial charge is 0.324 e. The van der Waals surface area contributed by atoms with E-state index >= 15 is 0 Å². The van der Waals surface area contributed by atoms with Crippen LogP contribution < -0.4 is 10.6 Å². The van der Waals surface area contributed by atoms with Crippen molar-refractivity contribution in [3.8, 4) is 0 Å². The van der Waals surface area contributed by atoms with Crippen molar-refractivity contribution in [2.24, 2.45) is 0 Å². The molecule has 0 saturated carbocycles. The SMILES string of the molecule is CC1(NC2C(=O)Nc3cc(F)ccc32)CCS(=O)(=O)C1. The lowest BCUT2D eigenvalue weighted by Crippen LogP contribution is -2.47. The summed E-state index contributed by atoms with van der Waals surface area (Å²) in [4.78, 5) is 12.0. The highest BCUT2D eigenvalue weighted by molar-refractivity contribution is 7.91. The zero-order valence-electron chi connectivity index (χ0n) is 10.9. The van der Waals surface area contributed by atoms with Gasteiger partial charge in [-0.3, -0.25) is 10.1 Å². The van der Waals surface area contributed by atoms with Crippen molar-refractivity contribution < 1.29 is 17.6 Å². The zero-order chi connectivity index (χ0) is 14.5. The van der Waals surface area contributed by atoms with Crippen molar-refractivity contribution in [3.05, 3.63) is 29.6 Å². The Bertz CT molecular complexity index is 689. The van der Waals surface area contributed by atoms with Gasteiger partial charge in [-0.05, 0) is 25.5 Å². The van der Waals surface area contributed by atoms with E-state index in [4.69, 9.17) is 0 Å². The molecule has 0 bridgehead atoms. The van der Waals surface area contributed by atoms with E-state index in [1.165, 1.54) is 12.1 Å². The van der Waals surface area contributed by atoms with Gasteiger partial charge in [0, 0.05) is 16.8 Å². The molecule has 2 heterocycles. The molecular weight excluding hydrogens is 283 g/mol. The van der Waals surface area contributed by atoms with Gasteiger partial charge in [-0.15, -0.1) is 0 Å². The van der Waals surface area contributed by atoms with Crippen LogP contribution >= 0.6 is 0 Å². The number of rotatable bonds is 2. The first kappa shape index (κ1) is 13.5. The van der Waals surface area contributed by atoms with E-state index in [0.717, 1.165) is 0 Å². The molecule has 1 fully saturated rings. The average Bonchev–Trinajstić information content (AvgIpc) is 2.77. The molecule has 0 spiro atoms. The second kappa shape index (κ2) is 4.26. The molecular formula is C13H15FN2O3S. The Labute approximate surface area is 116 Å². The molecule has 1 saturated heterocycles. The third-order valence-corrected chi connectivity index (χ3v) is 5.75. The van der Waals surface area contributed by atoms with E-state index in [1.54, 1.807) is 13.0 Å². The summed E-state index contributed by atoms with van der Waals surface area (Å²) in [6.45, 7) is 1.80. The number of amides is 1. The third-order valence-electron chi connectivity index (χ3n) is 3.84. The monoisotopic (exact) mass is 298 g/mol. The number of benzene rings is 1. The van der Waals surface area contributed by atoms with Gasteiger partial charge in [0.2, 0.25) is 5.91 Å². The molecule has 0 aromatic heterocycles. The van der Waals surface area contributed by atoms with Crippen LogP contribution in [0.5, 0.6) is 0 Å². The molecule has 2 aliphatic rings. The van der Waals surface area contributed by atoms with Crippen molar-refractivity contribution in [2.45, 2.75) is 24.9 Å². The number of hydrogen-bond acceptors (Lipinski definition) is 4. The van der Waals surface area contributed by atoms with Crippen LogP contribution in [-0.2, 0) is 14.6 Å². The fraction of sp³-hybridized carbons (Fsp3) is 0.462. The molecule has 0 aliphatic carbocycles. The number of anilines is 1. The molecule has 108 valence electrons. The predicted octanol–water partition coefficient (Wildman–Crippen LogP) is 0.986. The fourth-order valence-electron chi connectivity index (χ4n) is 2.85. The molecule has 5 nitrogen and oxygen atoms in total. The summed E-state index contributed by atoms with van der Waals surface area (Å²) in [5.74, 6) is -0.558. The van der Waals surface area contributed by atoms with Crippen molar-refractivity contribution in [2.75, 3.05) is 16.8 Å². The lowest BCUT2D eigenvalue weighted by atomic mass is 9.98. The summed E-state index contributed by atoms with van der Waals surface area (Å²) in [5.41, 5.74) is 0.468. The molecule has 1 aromatic carbocycles. The van der Waals surface area contributed by atoms with Crippen LogP contribution in [0.4, 0.5) is 10.1 Å². The van der Waals surface area contributed by atoms with Crippen LogP contribution in [0.1, 0.15) is 24.9 Å². The van der Waals surface area contributed by atoms with Crippen LogP contribution in [-0.4, -0.2) is 31.4 Å². The quantitative estimate of drug-likeness (QED) is 0.853. The van der Waals surface area contributed by atoms with Crippen molar-refractivity contribution in [3.63, 3.8) is 0 Å². The van der Waals surface area contributed by atoms with Crippen LogP contribution in [0.25, 0.3) is 0 Å². The standard InChI is InChI=1S/C13H15FN2O3S/c1-13(4-5-20(18,19)7-13)16-11-9-3-2-8(14)6-10(9)15-12(11)17/h2-3,6,11,16H,4-5,7H2,1H3,(H,15,17). The molecule has 2 N–H and O–H groups in total. The minimum absolute atomic E-state index is 0.0142. The Morgan fingerprint density at radius 3 is 2.85 bits per heavy atom. The van der Waals surface area contributed by atoms with Gasteiger partial charge in [-0.1, -0.05) is 6.07 Å². The smallest absolute Gasteiger partial charge is 0.246 e. The Kier molecular flexibility index (Phi) is 2.88. The fourth-order valence-corrected chi connectivity index (χ4v) is 4.95. The number of fused-ring (bicyclic) bond motifs is 1. The minimum Gasteiger partial charge on any atom is -0.324 e. The van der Waals surface area contributed by atoms with Gasteiger partial charge in [0.1, 0.15) is 11.9 Å². The van der Waals surface area contributed by atoms with E-state index in [9.17, 15) is 17.6 Å².